The van der Waals surface area contributed by atoms with Gasteiger partial charge < -0.3 is 5.32 Å². The Kier molecular flexibility index (Phi) is 4.48. The first-order chi connectivity index (χ1) is 10.7. The van der Waals surface area contributed by atoms with Crippen LogP contribution in [-0.4, -0.2) is 18.4 Å². The van der Waals surface area contributed by atoms with Crippen LogP contribution in [0.3, 0.4) is 0 Å². The van der Waals surface area contributed by atoms with Gasteiger partial charge in [0.2, 0.25) is 0 Å². The first-order valence-corrected chi connectivity index (χ1v) is 8.12. The van der Waals surface area contributed by atoms with Crippen molar-refractivity contribution in [1.82, 2.24) is 10.6 Å². The van der Waals surface area contributed by atoms with Crippen molar-refractivity contribution < 1.29 is 4.79 Å². The number of aliphatic imine (C=N–C) groups is 1. The van der Waals surface area contributed by atoms with Crippen molar-refractivity contribution in [2.24, 2.45) is 4.99 Å². The molecular formula is C17H20ClN3O. The summed E-state index contributed by atoms with van der Waals surface area (Å²) in [5, 5.41) is 6.72. The molecule has 1 saturated carbocycles. The van der Waals surface area contributed by atoms with Crippen molar-refractivity contribution in [3.05, 3.63) is 47.0 Å². The molecule has 0 spiro atoms. The second kappa shape index (κ2) is 6.53. The third kappa shape index (κ3) is 3.33. The first kappa shape index (κ1) is 15.1. The molecule has 1 aromatic carbocycles. The molecule has 0 atom stereocenters. The van der Waals surface area contributed by atoms with Gasteiger partial charge in [-0.2, -0.15) is 0 Å². The summed E-state index contributed by atoms with van der Waals surface area (Å²) < 4.78 is 0. The molecule has 116 valence electrons. The van der Waals surface area contributed by atoms with Crippen LogP contribution in [0.4, 0.5) is 4.79 Å². The number of nitrogens with one attached hydrogen (secondary N) is 2. The molecule has 22 heavy (non-hydrogen) atoms. The van der Waals surface area contributed by atoms with E-state index in [-0.39, 0.29) is 11.6 Å². The van der Waals surface area contributed by atoms with E-state index in [1.807, 2.05) is 36.4 Å². The zero-order chi connectivity index (χ0) is 15.4. The molecule has 3 rings (SSSR count). The first-order valence-electron chi connectivity index (χ1n) is 7.74. The average Bonchev–Trinajstić information content (AvgIpc) is 2.98. The molecule has 4 nitrogen and oxygen atoms in total. The van der Waals surface area contributed by atoms with Crippen molar-refractivity contribution in [3.63, 3.8) is 0 Å². The Hall–Kier alpha value is -1.81. The van der Waals surface area contributed by atoms with Crippen molar-refractivity contribution in [1.29, 1.82) is 0 Å². The molecule has 1 aromatic rings. The number of halogens is 1. The van der Waals surface area contributed by atoms with Gasteiger partial charge in [-0.05, 0) is 43.0 Å². The minimum Gasteiger partial charge on any atom is -0.328 e. The van der Waals surface area contributed by atoms with Gasteiger partial charge in [-0.1, -0.05) is 42.7 Å². The van der Waals surface area contributed by atoms with Crippen molar-refractivity contribution in [2.45, 2.75) is 37.6 Å². The van der Waals surface area contributed by atoms with Gasteiger partial charge in [-0.3, -0.25) is 10.3 Å². The second-order valence-electron chi connectivity index (χ2n) is 5.83. The van der Waals surface area contributed by atoms with Gasteiger partial charge in [0, 0.05) is 11.6 Å². The SMILES string of the molecule is O=C(NC1=NCCC=C1)NC1(c2ccc(Cl)cc2)CCCC1. The highest BCUT2D eigenvalue weighted by Gasteiger charge is 2.37. The number of amides is 2. The maximum Gasteiger partial charge on any atom is 0.321 e. The summed E-state index contributed by atoms with van der Waals surface area (Å²) in [6, 6.07) is 7.58. The van der Waals surface area contributed by atoms with Crippen molar-refractivity contribution in [2.75, 3.05) is 6.54 Å². The summed E-state index contributed by atoms with van der Waals surface area (Å²) >= 11 is 5.98. The molecule has 0 aromatic heterocycles. The molecule has 0 radical (unpaired) electrons. The van der Waals surface area contributed by atoms with Crippen LogP contribution in [0.15, 0.2) is 41.4 Å². The van der Waals surface area contributed by atoms with Crippen molar-refractivity contribution >= 4 is 23.5 Å². The van der Waals surface area contributed by atoms with Gasteiger partial charge >= 0.3 is 6.03 Å². The van der Waals surface area contributed by atoms with E-state index in [4.69, 9.17) is 11.6 Å². The quantitative estimate of drug-likeness (QED) is 0.857. The fourth-order valence-electron chi connectivity index (χ4n) is 3.19. The van der Waals surface area contributed by atoms with Crippen LogP contribution >= 0.6 is 11.6 Å². The van der Waals surface area contributed by atoms with Crippen LogP contribution in [0.1, 0.15) is 37.7 Å². The van der Waals surface area contributed by atoms with E-state index in [0.717, 1.165) is 44.2 Å². The van der Waals surface area contributed by atoms with E-state index in [1.54, 1.807) is 0 Å². The highest BCUT2D eigenvalue weighted by Crippen LogP contribution is 2.39. The molecule has 2 aliphatic rings. The highest BCUT2D eigenvalue weighted by molar-refractivity contribution is 6.30. The standard InChI is InChI=1S/C17H20ClN3O/c18-14-8-6-13(7-9-14)17(10-2-3-11-17)21-16(22)20-15-5-1-4-12-19-15/h1,5-9H,2-4,10-12H2,(H2,19,20,21,22). The lowest BCUT2D eigenvalue weighted by Gasteiger charge is -2.31. The second-order valence-corrected chi connectivity index (χ2v) is 6.27. The van der Waals surface area contributed by atoms with Gasteiger partial charge in [-0.25, -0.2) is 4.79 Å². The molecule has 2 N–H and O–H groups in total. The minimum atomic E-state index is -0.298. The van der Waals surface area contributed by atoms with Crippen LogP contribution < -0.4 is 10.6 Å². The number of rotatable bonds is 2. The minimum absolute atomic E-state index is 0.192. The molecule has 2 amide bonds. The Morgan fingerprint density at radius 2 is 1.91 bits per heavy atom. The molecule has 1 fully saturated rings. The third-order valence-corrected chi connectivity index (χ3v) is 4.55. The Balaban J connectivity index is 1.74. The summed E-state index contributed by atoms with van der Waals surface area (Å²) in [5.41, 5.74) is 0.818. The van der Waals surface area contributed by atoms with Gasteiger partial charge in [0.05, 0.1) is 5.54 Å². The molecule has 0 bridgehead atoms. The van der Waals surface area contributed by atoms with E-state index in [2.05, 4.69) is 15.6 Å². The molecule has 0 unspecified atom stereocenters. The Morgan fingerprint density at radius 3 is 2.55 bits per heavy atom. The molecule has 1 aliphatic carbocycles. The molecule has 0 saturated heterocycles. The van der Waals surface area contributed by atoms with E-state index >= 15 is 0 Å². The molecule has 1 heterocycles. The van der Waals surface area contributed by atoms with E-state index in [0.29, 0.717) is 10.9 Å². The largest absolute Gasteiger partial charge is 0.328 e. The Bertz CT molecular complexity index is 601. The lowest BCUT2D eigenvalue weighted by Crippen LogP contribution is -2.49. The normalized spacial score (nSPS) is 19.6. The number of dihydropyridines is 1. The van der Waals surface area contributed by atoms with Gasteiger partial charge in [-0.15, -0.1) is 0 Å². The summed E-state index contributed by atoms with van der Waals surface area (Å²) in [4.78, 5) is 16.6. The maximum atomic E-state index is 12.3. The number of nitrogens with zero attached hydrogens (tertiary/aromatic N) is 1. The lowest BCUT2D eigenvalue weighted by atomic mass is 9.88. The van der Waals surface area contributed by atoms with Gasteiger partial charge in [0.15, 0.2) is 0 Å². The topological polar surface area (TPSA) is 53.5 Å². The van der Waals surface area contributed by atoms with E-state index in [1.165, 1.54) is 0 Å². The summed E-state index contributed by atoms with van der Waals surface area (Å²) in [7, 11) is 0. The van der Waals surface area contributed by atoms with Gasteiger partial charge in [0.25, 0.3) is 0 Å². The zero-order valence-corrected chi connectivity index (χ0v) is 13.2. The smallest absolute Gasteiger partial charge is 0.321 e. The lowest BCUT2D eigenvalue weighted by molar-refractivity contribution is 0.229. The van der Waals surface area contributed by atoms with E-state index < -0.39 is 0 Å². The van der Waals surface area contributed by atoms with Crippen LogP contribution in [0, 0.1) is 0 Å². The predicted octanol–water partition coefficient (Wildman–Crippen LogP) is 3.77. The Labute approximate surface area is 135 Å². The third-order valence-electron chi connectivity index (χ3n) is 4.30. The van der Waals surface area contributed by atoms with E-state index in [9.17, 15) is 4.79 Å². The number of hydrogen-bond donors (Lipinski definition) is 2. The number of amidine groups is 1. The summed E-state index contributed by atoms with van der Waals surface area (Å²) in [6.45, 7) is 0.731. The number of benzene rings is 1. The number of hydrogen-bond acceptors (Lipinski definition) is 2. The van der Waals surface area contributed by atoms with Crippen LogP contribution in [0.2, 0.25) is 5.02 Å². The molecule has 1 aliphatic heterocycles. The fraction of sp³-hybridized carbons (Fsp3) is 0.412. The number of carbonyl (C=O) groups is 1. The molecular weight excluding hydrogens is 298 g/mol. The van der Waals surface area contributed by atoms with Gasteiger partial charge in [0.1, 0.15) is 5.84 Å². The fourth-order valence-corrected chi connectivity index (χ4v) is 3.31. The van der Waals surface area contributed by atoms with Crippen LogP contribution in [0.5, 0.6) is 0 Å². The summed E-state index contributed by atoms with van der Waals surface area (Å²) in [5.74, 6) is 0.632. The van der Waals surface area contributed by atoms with Crippen LogP contribution in [-0.2, 0) is 5.54 Å². The number of urea groups is 1. The summed E-state index contributed by atoms with van der Waals surface area (Å²) in [6.07, 6.45) is 8.93. The highest BCUT2D eigenvalue weighted by atomic mass is 35.5. The zero-order valence-electron chi connectivity index (χ0n) is 12.4. The monoisotopic (exact) mass is 317 g/mol. The molecule has 5 heteroatoms. The average molecular weight is 318 g/mol. The van der Waals surface area contributed by atoms with Crippen molar-refractivity contribution in [3.8, 4) is 0 Å². The maximum absolute atomic E-state index is 12.3. The van der Waals surface area contributed by atoms with Crippen LogP contribution in [0.25, 0.3) is 0 Å². The number of carbonyl (C=O) groups excluding carboxylic acids is 1. The predicted molar refractivity (Wildman–Crippen MR) is 89.3 cm³/mol. The Morgan fingerprint density at radius 1 is 1.18 bits per heavy atom.